The number of hydrogen-bond acceptors (Lipinski definition) is 9. The van der Waals surface area contributed by atoms with Gasteiger partial charge in [-0.2, -0.15) is 0 Å². The van der Waals surface area contributed by atoms with E-state index in [1.807, 2.05) is 36.4 Å². The van der Waals surface area contributed by atoms with Crippen molar-refractivity contribution in [3.8, 4) is 17.2 Å². The molecule has 1 amide bonds. The van der Waals surface area contributed by atoms with Crippen molar-refractivity contribution in [2.45, 2.75) is 37.6 Å². The number of para-hydroxylation sites is 1. The van der Waals surface area contributed by atoms with Crippen LogP contribution in [0.5, 0.6) is 17.2 Å². The van der Waals surface area contributed by atoms with Gasteiger partial charge < -0.3 is 24.1 Å². The molecular formula is C32H36N6O6. The number of aliphatic hydroxyl groups is 1. The maximum atomic E-state index is 14.1. The fourth-order valence-electron chi connectivity index (χ4n) is 4.97. The number of hydrogen-bond donors (Lipinski definition) is 3. The summed E-state index contributed by atoms with van der Waals surface area (Å²) in [7, 11) is 3.11. The average Bonchev–Trinajstić information content (AvgIpc) is 3.44. The smallest absolute Gasteiger partial charge is 0.266 e. The van der Waals surface area contributed by atoms with Gasteiger partial charge in [0.2, 0.25) is 5.90 Å². The summed E-state index contributed by atoms with van der Waals surface area (Å²) in [5.74, 6) is 1.57. The quantitative estimate of drug-likeness (QED) is 0.0525. The highest BCUT2D eigenvalue weighted by atomic mass is 16.5. The molecule has 1 heterocycles. The van der Waals surface area contributed by atoms with Crippen molar-refractivity contribution in [2.24, 2.45) is 10.1 Å². The van der Waals surface area contributed by atoms with Crippen LogP contribution in [0, 0.1) is 0 Å². The van der Waals surface area contributed by atoms with Crippen LogP contribution >= 0.6 is 0 Å². The van der Waals surface area contributed by atoms with E-state index in [1.54, 1.807) is 50.6 Å². The first-order valence-corrected chi connectivity index (χ1v) is 14.0. The molecule has 0 bridgehead atoms. The lowest BCUT2D eigenvalue weighted by molar-refractivity contribution is -0.130. The molecule has 1 aliphatic heterocycles. The molecule has 4 rings (SSSR count). The molecule has 0 aliphatic carbocycles. The van der Waals surface area contributed by atoms with Gasteiger partial charge in [0, 0.05) is 42.0 Å². The number of rotatable bonds is 16. The van der Waals surface area contributed by atoms with Gasteiger partial charge in [-0.25, -0.2) is 10.4 Å². The number of azide groups is 1. The Morgan fingerprint density at radius 1 is 1.14 bits per heavy atom. The SMILES string of the molecule is C=CC[C@]1(C(=O)NNCc2cccc(OC)c2OC)N=C(c2ccc(OCCCO)cc2)O[C@H]1c1ccccc1CN=[N+]=[N-]. The molecule has 0 spiro atoms. The third-order valence-electron chi connectivity index (χ3n) is 7.09. The normalized spacial score (nSPS) is 17.1. The highest BCUT2D eigenvalue weighted by Gasteiger charge is 2.53. The molecule has 0 fully saturated rings. The molecule has 0 aromatic heterocycles. The van der Waals surface area contributed by atoms with Gasteiger partial charge in [-0.1, -0.05) is 47.6 Å². The Bertz CT molecular complexity index is 1520. The van der Waals surface area contributed by atoms with Gasteiger partial charge in [0.1, 0.15) is 5.75 Å². The zero-order valence-electron chi connectivity index (χ0n) is 24.7. The molecule has 1 aliphatic rings. The fraction of sp³-hybridized carbons (Fsp3) is 0.312. The van der Waals surface area contributed by atoms with Crippen molar-refractivity contribution in [3.63, 3.8) is 0 Å². The molecule has 3 aromatic rings. The second-order valence-electron chi connectivity index (χ2n) is 9.83. The van der Waals surface area contributed by atoms with E-state index in [9.17, 15) is 4.79 Å². The highest BCUT2D eigenvalue weighted by Crippen LogP contribution is 2.44. The van der Waals surface area contributed by atoms with Gasteiger partial charge in [0.25, 0.3) is 5.91 Å². The van der Waals surface area contributed by atoms with Crippen molar-refractivity contribution < 1.29 is 28.8 Å². The van der Waals surface area contributed by atoms with E-state index in [1.165, 1.54) is 0 Å². The summed E-state index contributed by atoms with van der Waals surface area (Å²) in [5, 5.41) is 12.8. The Balaban J connectivity index is 1.68. The van der Waals surface area contributed by atoms with E-state index in [2.05, 4.69) is 27.5 Å². The Labute approximate surface area is 255 Å². The van der Waals surface area contributed by atoms with Crippen LogP contribution in [0.25, 0.3) is 10.4 Å². The zero-order chi connectivity index (χ0) is 31.4. The molecule has 230 valence electrons. The van der Waals surface area contributed by atoms with Crippen LogP contribution in [0.3, 0.4) is 0 Å². The maximum absolute atomic E-state index is 14.1. The number of aliphatic imine (C=N–C) groups is 1. The van der Waals surface area contributed by atoms with Crippen LogP contribution in [0.2, 0.25) is 0 Å². The Hall–Kier alpha value is -5.03. The summed E-state index contributed by atoms with van der Waals surface area (Å²) in [5.41, 5.74) is 16.1. The average molecular weight is 601 g/mol. The molecule has 3 N–H and O–H groups in total. The minimum absolute atomic E-state index is 0.0423. The summed E-state index contributed by atoms with van der Waals surface area (Å²) in [6.07, 6.45) is 1.43. The molecule has 12 heteroatoms. The predicted molar refractivity (Wildman–Crippen MR) is 165 cm³/mol. The first-order chi connectivity index (χ1) is 21.5. The summed E-state index contributed by atoms with van der Waals surface area (Å²) >= 11 is 0. The molecule has 0 saturated carbocycles. The third kappa shape index (κ3) is 7.12. The fourth-order valence-corrected chi connectivity index (χ4v) is 4.97. The number of nitrogens with one attached hydrogen (secondary N) is 2. The van der Waals surface area contributed by atoms with Crippen LogP contribution in [0.4, 0.5) is 0 Å². The molecule has 2 atom stereocenters. The Kier molecular flexibility index (Phi) is 11.2. The molecule has 12 nitrogen and oxygen atoms in total. The molecule has 3 aromatic carbocycles. The summed E-state index contributed by atoms with van der Waals surface area (Å²) in [4.78, 5) is 21.9. The van der Waals surface area contributed by atoms with Gasteiger partial charge in [-0.05, 0) is 47.0 Å². The van der Waals surface area contributed by atoms with E-state index in [0.717, 1.165) is 5.56 Å². The molecule has 0 saturated heterocycles. The number of amides is 1. The lowest BCUT2D eigenvalue weighted by Gasteiger charge is -2.30. The number of aliphatic hydroxyl groups excluding tert-OH is 1. The summed E-state index contributed by atoms with van der Waals surface area (Å²) < 4.78 is 23.0. The van der Waals surface area contributed by atoms with E-state index < -0.39 is 17.6 Å². The lowest BCUT2D eigenvalue weighted by Crippen LogP contribution is -2.52. The molecule has 0 radical (unpaired) electrons. The number of ether oxygens (including phenoxy) is 4. The number of carbonyl (C=O) groups excluding carboxylic acids is 1. The summed E-state index contributed by atoms with van der Waals surface area (Å²) in [6, 6.07) is 20.0. The number of carbonyl (C=O) groups is 1. The van der Waals surface area contributed by atoms with E-state index >= 15 is 0 Å². The second-order valence-corrected chi connectivity index (χ2v) is 9.83. The summed E-state index contributed by atoms with van der Waals surface area (Å²) in [6.45, 7) is 4.65. The minimum Gasteiger partial charge on any atom is -0.494 e. The van der Waals surface area contributed by atoms with Crippen molar-refractivity contribution in [2.75, 3.05) is 27.4 Å². The monoisotopic (exact) mass is 600 g/mol. The van der Waals surface area contributed by atoms with Crippen LogP contribution in [-0.4, -0.2) is 49.9 Å². The Morgan fingerprint density at radius 2 is 1.91 bits per heavy atom. The number of benzene rings is 3. The van der Waals surface area contributed by atoms with Gasteiger partial charge >= 0.3 is 0 Å². The number of nitrogens with zero attached hydrogens (tertiary/aromatic N) is 4. The van der Waals surface area contributed by atoms with Gasteiger partial charge in [0.15, 0.2) is 23.1 Å². The topological polar surface area (TPSA) is 159 Å². The molecular weight excluding hydrogens is 564 g/mol. The van der Waals surface area contributed by atoms with Crippen LogP contribution < -0.4 is 25.1 Å². The predicted octanol–water partition coefficient (Wildman–Crippen LogP) is 4.93. The first-order valence-electron chi connectivity index (χ1n) is 14.0. The lowest BCUT2D eigenvalue weighted by atomic mass is 9.83. The second kappa shape index (κ2) is 15.4. The standard InChI is InChI=1S/C32H36N6O6/c1-4-17-32(31(40)37-34-21-24-10-7-12-27(41-2)28(24)42-3)29(26-11-6-5-9-23(26)20-35-38-33)44-30(36-32)22-13-15-25(16-14-22)43-19-8-18-39/h4-7,9-16,29,34,39H,1,8,17-21H2,2-3H3,(H,37,40)/t29-,32-/m0/s1. The van der Waals surface area contributed by atoms with Crippen LogP contribution in [0.1, 0.15) is 41.2 Å². The highest BCUT2D eigenvalue weighted by molar-refractivity contribution is 6.01. The van der Waals surface area contributed by atoms with Gasteiger partial charge in [-0.3, -0.25) is 10.2 Å². The number of methoxy groups -OCH3 is 2. The molecule has 44 heavy (non-hydrogen) atoms. The minimum atomic E-state index is -1.45. The number of hydrazine groups is 1. The van der Waals surface area contributed by atoms with Crippen molar-refractivity contribution >= 4 is 11.8 Å². The van der Waals surface area contributed by atoms with Gasteiger partial charge in [0.05, 0.1) is 27.4 Å². The van der Waals surface area contributed by atoms with Crippen molar-refractivity contribution in [1.82, 2.24) is 10.9 Å². The third-order valence-corrected chi connectivity index (χ3v) is 7.09. The van der Waals surface area contributed by atoms with E-state index in [-0.39, 0.29) is 32.0 Å². The van der Waals surface area contributed by atoms with Crippen molar-refractivity contribution in [1.29, 1.82) is 0 Å². The van der Waals surface area contributed by atoms with E-state index in [0.29, 0.717) is 47.0 Å². The first kappa shape index (κ1) is 31.9. The van der Waals surface area contributed by atoms with Gasteiger partial charge in [-0.15, -0.1) is 6.58 Å². The Morgan fingerprint density at radius 3 is 2.61 bits per heavy atom. The van der Waals surface area contributed by atoms with Crippen molar-refractivity contribution in [3.05, 3.63) is 112 Å². The zero-order valence-corrected chi connectivity index (χ0v) is 24.7. The molecule has 0 unspecified atom stereocenters. The maximum Gasteiger partial charge on any atom is 0.266 e. The van der Waals surface area contributed by atoms with Crippen LogP contribution in [-0.2, 0) is 22.6 Å². The largest absolute Gasteiger partial charge is 0.494 e. The van der Waals surface area contributed by atoms with Crippen LogP contribution in [0.15, 0.2) is 89.5 Å². The van der Waals surface area contributed by atoms with E-state index in [4.69, 9.17) is 34.6 Å².